The summed E-state index contributed by atoms with van der Waals surface area (Å²) in [6.07, 6.45) is -4.49. The Morgan fingerprint density at radius 3 is 2.55 bits per heavy atom. The van der Waals surface area contributed by atoms with Gasteiger partial charge in [0.1, 0.15) is 0 Å². The van der Waals surface area contributed by atoms with Gasteiger partial charge in [0.05, 0.1) is 11.3 Å². The van der Waals surface area contributed by atoms with E-state index in [0.717, 1.165) is 17.8 Å². The van der Waals surface area contributed by atoms with Crippen molar-refractivity contribution in [1.29, 1.82) is 0 Å². The summed E-state index contributed by atoms with van der Waals surface area (Å²) in [5.41, 5.74) is -0.630. The third-order valence-corrected chi connectivity index (χ3v) is 5.00. The smallest absolute Gasteiger partial charge is 0.355 e. The molecule has 0 aliphatic rings. The van der Waals surface area contributed by atoms with Crippen molar-refractivity contribution < 1.29 is 18.0 Å². The molecule has 0 aliphatic carbocycles. The van der Waals surface area contributed by atoms with Gasteiger partial charge >= 0.3 is 6.18 Å². The second-order valence-electron chi connectivity index (χ2n) is 6.41. The number of fused-ring (bicyclic) bond motifs is 1. The van der Waals surface area contributed by atoms with E-state index in [1.54, 1.807) is 4.40 Å². The van der Waals surface area contributed by atoms with Gasteiger partial charge in [-0.05, 0) is 38.5 Å². The zero-order valence-electron chi connectivity index (χ0n) is 17.0. The van der Waals surface area contributed by atoms with Gasteiger partial charge in [-0.2, -0.15) is 23.1 Å². The summed E-state index contributed by atoms with van der Waals surface area (Å²) in [6, 6.07) is 3.67. The van der Waals surface area contributed by atoms with Crippen LogP contribution in [-0.2, 0) is 11.0 Å². The Hall–Kier alpha value is -3.09. The van der Waals surface area contributed by atoms with Gasteiger partial charge in [0.2, 0.25) is 17.8 Å². The molecule has 1 aromatic carbocycles. The molecule has 1 amide bonds. The van der Waals surface area contributed by atoms with Crippen LogP contribution in [0.2, 0.25) is 0 Å². The molecule has 3 aromatic rings. The molecule has 0 saturated heterocycles. The summed E-state index contributed by atoms with van der Waals surface area (Å²) in [5.74, 6) is 0.598. The highest BCUT2D eigenvalue weighted by Crippen LogP contribution is 2.33. The standard InChI is InChI=1S/C18H21F3N8OS/c1-4-22-14-25-15(23-5-2)29-16(26-14)27-28-17(29)31-9-13(30)24-11-7-6-10(3)12(8-11)18(19,20)21/h6-8H,4-5,9H2,1-3H3,(H,24,30)(H2,22,23,25,26,27). The number of aromatic nitrogens is 5. The monoisotopic (exact) mass is 454 g/mol. The van der Waals surface area contributed by atoms with Gasteiger partial charge in [0.15, 0.2) is 5.16 Å². The number of carbonyl (C=O) groups excluding carboxylic acids is 1. The van der Waals surface area contributed by atoms with Crippen LogP contribution in [0, 0.1) is 6.92 Å². The number of nitrogens with zero attached hydrogens (tertiary/aromatic N) is 5. The summed E-state index contributed by atoms with van der Waals surface area (Å²) >= 11 is 1.07. The number of carbonyl (C=O) groups is 1. The Balaban J connectivity index is 1.75. The van der Waals surface area contributed by atoms with Crippen LogP contribution in [0.5, 0.6) is 0 Å². The highest BCUT2D eigenvalue weighted by molar-refractivity contribution is 7.99. The fourth-order valence-corrected chi connectivity index (χ4v) is 3.46. The number of hydrogen-bond acceptors (Lipinski definition) is 8. The molecular weight excluding hydrogens is 433 g/mol. The molecule has 2 aromatic heterocycles. The minimum Gasteiger partial charge on any atom is -0.355 e. The number of aryl methyl sites for hydroxylation is 1. The number of anilines is 3. The Labute approximate surface area is 180 Å². The van der Waals surface area contributed by atoms with E-state index in [1.165, 1.54) is 19.1 Å². The molecule has 0 unspecified atom stereocenters. The second kappa shape index (κ2) is 9.37. The second-order valence-corrected chi connectivity index (χ2v) is 7.36. The molecule has 13 heteroatoms. The predicted octanol–water partition coefficient (Wildman–Crippen LogP) is 3.44. The van der Waals surface area contributed by atoms with Crippen LogP contribution in [0.25, 0.3) is 5.78 Å². The average Bonchev–Trinajstić information content (AvgIpc) is 3.11. The van der Waals surface area contributed by atoms with E-state index in [9.17, 15) is 18.0 Å². The van der Waals surface area contributed by atoms with E-state index in [0.29, 0.717) is 35.9 Å². The van der Waals surface area contributed by atoms with Crippen molar-refractivity contribution in [3.05, 3.63) is 29.3 Å². The van der Waals surface area contributed by atoms with Gasteiger partial charge in [-0.15, -0.1) is 10.2 Å². The van der Waals surface area contributed by atoms with Gasteiger partial charge < -0.3 is 16.0 Å². The summed E-state index contributed by atoms with van der Waals surface area (Å²) in [6.45, 7) is 6.41. The van der Waals surface area contributed by atoms with E-state index in [2.05, 4.69) is 36.1 Å². The molecule has 0 spiro atoms. The van der Waals surface area contributed by atoms with Crippen molar-refractivity contribution in [3.63, 3.8) is 0 Å². The van der Waals surface area contributed by atoms with Gasteiger partial charge in [0.25, 0.3) is 5.78 Å². The minimum absolute atomic E-state index is 0.0709. The van der Waals surface area contributed by atoms with Crippen molar-refractivity contribution in [3.8, 4) is 0 Å². The molecule has 3 N–H and O–H groups in total. The van der Waals surface area contributed by atoms with Crippen LogP contribution in [0.15, 0.2) is 23.4 Å². The number of nitrogens with one attached hydrogen (secondary N) is 3. The SMILES string of the molecule is CCNc1nc(NCC)n2c(SCC(=O)Nc3ccc(C)c(C(F)(F)F)c3)nnc2n1. The van der Waals surface area contributed by atoms with Gasteiger partial charge in [-0.3, -0.25) is 4.79 Å². The molecule has 9 nitrogen and oxygen atoms in total. The van der Waals surface area contributed by atoms with Gasteiger partial charge in [0, 0.05) is 18.8 Å². The fraction of sp³-hybridized carbons (Fsp3) is 0.389. The molecule has 0 aliphatic heterocycles. The van der Waals surface area contributed by atoms with Crippen molar-refractivity contribution >= 4 is 41.0 Å². The maximum absolute atomic E-state index is 13.1. The Kier molecular flexibility index (Phi) is 6.83. The van der Waals surface area contributed by atoms with Crippen LogP contribution < -0.4 is 16.0 Å². The Morgan fingerprint density at radius 1 is 1.13 bits per heavy atom. The molecule has 166 valence electrons. The molecule has 0 bridgehead atoms. The Bertz CT molecular complexity index is 1090. The van der Waals surface area contributed by atoms with E-state index >= 15 is 0 Å². The van der Waals surface area contributed by atoms with E-state index in [1.807, 2.05) is 13.8 Å². The lowest BCUT2D eigenvalue weighted by Gasteiger charge is -2.13. The summed E-state index contributed by atoms with van der Waals surface area (Å²) < 4.78 is 40.8. The van der Waals surface area contributed by atoms with Crippen molar-refractivity contribution in [2.24, 2.45) is 0 Å². The molecular formula is C18H21F3N8OS. The Morgan fingerprint density at radius 2 is 1.87 bits per heavy atom. The van der Waals surface area contributed by atoms with Crippen molar-refractivity contribution in [2.45, 2.75) is 32.1 Å². The highest BCUT2D eigenvalue weighted by Gasteiger charge is 2.32. The van der Waals surface area contributed by atoms with Crippen LogP contribution in [0.3, 0.4) is 0 Å². The van der Waals surface area contributed by atoms with Crippen LogP contribution in [-0.4, -0.2) is 49.3 Å². The zero-order valence-corrected chi connectivity index (χ0v) is 17.9. The lowest BCUT2D eigenvalue weighted by molar-refractivity contribution is -0.138. The first kappa shape index (κ1) is 22.6. The normalized spacial score (nSPS) is 11.5. The molecule has 0 saturated carbocycles. The number of rotatable bonds is 8. The van der Waals surface area contributed by atoms with Gasteiger partial charge in [-0.1, -0.05) is 17.8 Å². The predicted molar refractivity (Wildman–Crippen MR) is 112 cm³/mol. The third-order valence-electron chi connectivity index (χ3n) is 4.07. The molecule has 2 heterocycles. The fourth-order valence-electron chi connectivity index (χ4n) is 2.73. The first-order valence-corrected chi connectivity index (χ1v) is 10.4. The lowest BCUT2D eigenvalue weighted by atomic mass is 10.1. The van der Waals surface area contributed by atoms with Crippen LogP contribution in [0.1, 0.15) is 25.0 Å². The number of halogens is 3. The molecule has 31 heavy (non-hydrogen) atoms. The van der Waals surface area contributed by atoms with Crippen molar-refractivity contribution in [2.75, 3.05) is 34.8 Å². The summed E-state index contributed by atoms with van der Waals surface area (Å²) in [7, 11) is 0. The minimum atomic E-state index is -4.49. The molecule has 0 fully saturated rings. The number of amides is 1. The first-order valence-electron chi connectivity index (χ1n) is 9.44. The first-order chi connectivity index (χ1) is 14.7. The molecule has 3 rings (SSSR count). The highest BCUT2D eigenvalue weighted by atomic mass is 32.2. The van der Waals surface area contributed by atoms with E-state index < -0.39 is 17.6 Å². The maximum Gasteiger partial charge on any atom is 0.416 e. The quantitative estimate of drug-likeness (QED) is 0.444. The maximum atomic E-state index is 13.1. The van der Waals surface area contributed by atoms with E-state index in [4.69, 9.17) is 0 Å². The van der Waals surface area contributed by atoms with Crippen molar-refractivity contribution in [1.82, 2.24) is 24.6 Å². The summed E-state index contributed by atoms with van der Waals surface area (Å²) in [5, 5.41) is 17.0. The molecule has 0 radical (unpaired) electrons. The average molecular weight is 454 g/mol. The van der Waals surface area contributed by atoms with Crippen LogP contribution >= 0.6 is 11.8 Å². The summed E-state index contributed by atoms with van der Waals surface area (Å²) in [4.78, 5) is 21.0. The van der Waals surface area contributed by atoms with E-state index in [-0.39, 0.29) is 17.0 Å². The van der Waals surface area contributed by atoms with Gasteiger partial charge in [-0.25, -0.2) is 4.40 Å². The number of alkyl halides is 3. The molecule has 0 atom stereocenters. The third kappa shape index (κ3) is 5.34. The number of benzene rings is 1. The lowest BCUT2D eigenvalue weighted by Crippen LogP contribution is -2.16. The largest absolute Gasteiger partial charge is 0.416 e. The number of thioether (sulfide) groups is 1. The van der Waals surface area contributed by atoms with Crippen LogP contribution in [0.4, 0.5) is 30.8 Å². The zero-order chi connectivity index (χ0) is 22.6. The number of hydrogen-bond donors (Lipinski definition) is 3. The topological polar surface area (TPSA) is 109 Å².